The Morgan fingerprint density at radius 3 is 2.56 bits per heavy atom. The minimum absolute atomic E-state index is 0. The Kier molecular flexibility index (Phi) is 11.9. The van der Waals surface area contributed by atoms with Gasteiger partial charge in [0.1, 0.15) is 0 Å². The van der Waals surface area contributed by atoms with Crippen molar-refractivity contribution in [1.29, 1.82) is 0 Å². The van der Waals surface area contributed by atoms with Crippen molar-refractivity contribution in [3.8, 4) is 0 Å². The Bertz CT molecular complexity index is 537. The van der Waals surface area contributed by atoms with Gasteiger partial charge in [-0.1, -0.05) is 37.3 Å². The molecule has 1 aromatic carbocycles. The minimum atomic E-state index is -0.166. The molecule has 0 bridgehead atoms. The molecule has 1 atom stereocenters. The Balaban J connectivity index is 0.00000364. The number of halogens is 1. The van der Waals surface area contributed by atoms with Crippen LogP contribution < -0.4 is 10.6 Å². The molecule has 7 heteroatoms. The lowest BCUT2D eigenvalue weighted by Gasteiger charge is -2.36. The van der Waals surface area contributed by atoms with E-state index in [2.05, 4.69) is 34.7 Å². The summed E-state index contributed by atoms with van der Waals surface area (Å²) in [5.41, 5.74) is 1.03. The summed E-state index contributed by atoms with van der Waals surface area (Å²) in [5, 5.41) is 6.76. The van der Waals surface area contributed by atoms with Crippen LogP contribution in [0.5, 0.6) is 0 Å². The van der Waals surface area contributed by atoms with Crippen LogP contribution in [0.3, 0.4) is 0 Å². The van der Waals surface area contributed by atoms with Gasteiger partial charge in [0, 0.05) is 53.3 Å². The fraction of sp³-hybridized carbons (Fsp3) is 0.650. The van der Waals surface area contributed by atoms with Gasteiger partial charge in [-0.3, -0.25) is 4.99 Å². The van der Waals surface area contributed by atoms with E-state index in [1.807, 2.05) is 18.2 Å². The van der Waals surface area contributed by atoms with Gasteiger partial charge in [-0.25, -0.2) is 0 Å². The van der Waals surface area contributed by atoms with Crippen molar-refractivity contribution in [2.24, 2.45) is 10.9 Å². The van der Waals surface area contributed by atoms with Crippen LogP contribution in [0.25, 0.3) is 0 Å². The highest BCUT2D eigenvalue weighted by atomic mass is 127. The summed E-state index contributed by atoms with van der Waals surface area (Å²) >= 11 is 0. The number of aliphatic imine (C=N–C) groups is 1. The van der Waals surface area contributed by atoms with Crippen LogP contribution in [0.1, 0.15) is 25.3 Å². The average Bonchev–Trinajstić information content (AvgIpc) is 2.69. The zero-order valence-electron chi connectivity index (χ0n) is 16.7. The highest BCUT2D eigenvalue weighted by Crippen LogP contribution is 2.23. The lowest BCUT2D eigenvalue weighted by Crippen LogP contribution is -2.51. The van der Waals surface area contributed by atoms with Crippen molar-refractivity contribution in [3.63, 3.8) is 0 Å². The number of hydrogen-bond acceptors (Lipinski definition) is 4. The van der Waals surface area contributed by atoms with Crippen LogP contribution in [-0.2, 0) is 20.8 Å². The second-order valence-electron chi connectivity index (χ2n) is 6.91. The summed E-state index contributed by atoms with van der Waals surface area (Å²) in [6, 6.07) is 10.2. The number of guanidine groups is 1. The van der Waals surface area contributed by atoms with E-state index in [0.29, 0.717) is 19.1 Å². The van der Waals surface area contributed by atoms with Crippen molar-refractivity contribution in [2.45, 2.75) is 32.0 Å². The second-order valence-corrected chi connectivity index (χ2v) is 6.91. The first-order valence-electron chi connectivity index (χ1n) is 9.36. The molecule has 1 aromatic rings. The van der Waals surface area contributed by atoms with Crippen molar-refractivity contribution in [3.05, 3.63) is 35.9 Å². The van der Waals surface area contributed by atoms with E-state index in [1.165, 1.54) is 5.56 Å². The monoisotopic (exact) mass is 491 g/mol. The maximum atomic E-state index is 5.80. The van der Waals surface area contributed by atoms with Gasteiger partial charge >= 0.3 is 0 Å². The third-order valence-corrected chi connectivity index (χ3v) is 4.77. The number of rotatable bonds is 9. The zero-order valence-corrected chi connectivity index (χ0v) is 19.0. The molecule has 2 rings (SSSR count). The third-order valence-electron chi connectivity index (χ3n) is 4.77. The average molecular weight is 491 g/mol. The molecule has 0 radical (unpaired) electrons. The van der Waals surface area contributed by atoms with Gasteiger partial charge in [-0.05, 0) is 11.5 Å². The molecule has 1 aliphatic rings. The van der Waals surface area contributed by atoms with Gasteiger partial charge in [0.15, 0.2) is 5.96 Å². The summed E-state index contributed by atoms with van der Waals surface area (Å²) in [6.45, 7) is 6.55. The molecule has 1 fully saturated rings. The molecule has 2 N–H and O–H groups in total. The summed E-state index contributed by atoms with van der Waals surface area (Å²) < 4.78 is 17.0. The maximum absolute atomic E-state index is 5.80. The second kappa shape index (κ2) is 13.3. The topological polar surface area (TPSA) is 64.1 Å². The molecular formula is C20H34IN3O3. The quantitative estimate of drug-likeness (QED) is 0.316. The van der Waals surface area contributed by atoms with E-state index in [1.54, 1.807) is 14.2 Å². The van der Waals surface area contributed by atoms with E-state index in [4.69, 9.17) is 14.2 Å². The normalized spacial score (nSPS) is 17.7. The van der Waals surface area contributed by atoms with Gasteiger partial charge in [0.05, 0.1) is 18.8 Å². The fourth-order valence-electron chi connectivity index (χ4n) is 2.94. The first-order chi connectivity index (χ1) is 12.7. The molecule has 1 unspecified atom stereocenters. The molecular weight excluding hydrogens is 457 g/mol. The van der Waals surface area contributed by atoms with E-state index in [0.717, 1.165) is 45.1 Å². The Hall–Kier alpha value is -0.900. The van der Waals surface area contributed by atoms with Crippen LogP contribution in [0.15, 0.2) is 35.3 Å². The summed E-state index contributed by atoms with van der Waals surface area (Å²) in [4.78, 5) is 4.30. The molecule has 0 spiro atoms. The molecule has 0 aliphatic carbocycles. The molecule has 0 saturated carbocycles. The van der Waals surface area contributed by atoms with E-state index >= 15 is 0 Å². The largest absolute Gasteiger partial charge is 0.381 e. The van der Waals surface area contributed by atoms with Gasteiger partial charge in [0.2, 0.25) is 0 Å². The van der Waals surface area contributed by atoms with E-state index < -0.39 is 0 Å². The van der Waals surface area contributed by atoms with Crippen LogP contribution >= 0.6 is 24.0 Å². The van der Waals surface area contributed by atoms with Crippen LogP contribution in [-0.4, -0.2) is 58.6 Å². The number of benzene rings is 1. The lowest BCUT2D eigenvalue weighted by molar-refractivity contribution is -0.0855. The zero-order chi connectivity index (χ0) is 18.7. The van der Waals surface area contributed by atoms with Crippen molar-refractivity contribution >= 4 is 29.9 Å². The van der Waals surface area contributed by atoms with Crippen LogP contribution in [0.2, 0.25) is 0 Å². The fourth-order valence-corrected chi connectivity index (χ4v) is 2.94. The van der Waals surface area contributed by atoms with Gasteiger partial charge in [-0.15, -0.1) is 24.0 Å². The van der Waals surface area contributed by atoms with Crippen molar-refractivity contribution in [1.82, 2.24) is 10.6 Å². The predicted molar refractivity (Wildman–Crippen MR) is 120 cm³/mol. The molecule has 0 amide bonds. The first-order valence-corrected chi connectivity index (χ1v) is 9.36. The molecule has 1 saturated heterocycles. The first kappa shape index (κ1) is 24.1. The smallest absolute Gasteiger partial charge is 0.191 e. The molecule has 1 aliphatic heterocycles. The number of methoxy groups -OCH3 is 1. The Labute approximate surface area is 180 Å². The van der Waals surface area contributed by atoms with Gasteiger partial charge < -0.3 is 24.8 Å². The molecule has 6 nitrogen and oxygen atoms in total. The molecule has 154 valence electrons. The molecule has 27 heavy (non-hydrogen) atoms. The number of nitrogens with one attached hydrogen (secondary N) is 2. The highest BCUT2D eigenvalue weighted by molar-refractivity contribution is 14.0. The van der Waals surface area contributed by atoms with Crippen LogP contribution in [0, 0.1) is 5.92 Å². The predicted octanol–water partition coefficient (Wildman–Crippen LogP) is 2.82. The van der Waals surface area contributed by atoms with Gasteiger partial charge in [0.25, 0.3) is 0 Å². The molecule has 0 aromatic heterocycles. The number of hydrogen-bond donors (Lipinski definition) is 2. The molecule has 1 heterocycles. The SMILES string of the molecule is CN=C(NCC(C)COCc1ccccc1)NCC1(OC)CCOCC1.I. The van der Waals surface area contributed by atoms with Crippen molar-refractivity contribution < 1.29 is 14.2 Å². The summed E-state index contributed by atoms with van der Waals surface area (Å²) in [6.07, 6.45) is 1.80. The maximum Gasteiger partial charge on any atom is 0.191 e. The lowest BCUT2D eigenvalue weighted by atomic mass is 9.94. The van der Waals surface area contributed by atoms with Crippen LogP contribution in [0.4, 0.5) is 0 Å². The standard InChI is InChI=1S/C20H33N3O3.HI/c1-17(14-26-15-18-7-5-4-6-8-18)13-22-19(21-2)23-16-20(24-3)9-11-25-12-10-20;/h4-8,17H,9-16H2,1-3H3,(H2,21,22,23);1H. The minimum Gasteiger partial charge on any atom is -0.381 e. The Morgan fingerprint density at radius 2 is 1.93 bits per heavy atom. The number of ether oxygens (including phenoxy) is 3. The van der Waals surface area contributed by atoms with E-state index in [-0.39, 0.29) is 29.6 Å². The number of nitrogens with zero attached hydrogens (tertiary/aromatic N) is 1. The third kappa shape index (κ3) is 8.76. The van der Waals surface area contributed by atoms with Gasteiger partial charge in [-0.2, -0.15) is 0 Å². The highest BCUT2D eigenvalue weighted by Gasteiger charge is 2.32. The van der Waals surface area contributed by atoms with Crippen molar-refractivity contribution in [2.75, 3.05) is 47.1 Å². The Morgan fingerprint density at radius 1 is 1.22 bits per heavy atom. The van der Waals surface area contributed by atoms with E-state index in [9.17, 15) is 0 Å². The summed E-state index contributed by atoms with van der Waals surface area (Å²) in [5.74, 6) is 1.18. The summed E-state index contributed by atoms with van der Waals surface area (Å²) in [7, 11) is 3.56.